The first kappa shape index (κ1) is 12.7. The van der Waals surface area contributed by atoms with Gasteiger partial charge in [-0.25, -0.2) is 0 Å². The van der Waals surface area contributed by atoms with Crippen molar-refractivity contribution in [1.82, 2.24) is 5.32 Å². The maximum atomic E-state index is 3.66. The lowest BCUT2D eigenvalue weighted by atomic mass is 10.1. The van der Waals surface area contributed by atoms with Crippen LogP contribution >= 0.6 is 11.3 Å². The van der Waals surface area contributed by atoms with Gasteiger partial charge in [0, 0.05) is 10.9 Å². The third-order valence-electron chi connectivity index (χ3n) is 2.71. The Morgan fingerprint density at radius 2 is 2.13 bits per heavy atom. The van der Waals surface area contributed by atoms with Crippen LogP contribution in [0.15, 0.2) is 11.4 Å². The molecule has 0 aromatic carbocycles. The van der Waals surface area contributed by atoms with Gasteiger partial charge in [0.15, 0.2) is 0 Å². The largest absolute Gasteiger partial charge is 0.309 e. The average molecular weight is 225 g/mol. The molecule has 1 aromatic heterocycles. The van der Waals surface area contributed by atoms with Gasteiger partial charge in [0.05, 0.1) is 0 Å². The van der Waals surface area contributed by atoms with E-state index in [2.05, 4.69) is 37.5 Å². The van der Waals surface area contributed by atoms with Crippen molar-refractivity contribution in [3.63, 3.8) is 0 Å². The maximum Gasteiger partial charge on any atom is 0.0417 e. The van der Waals surface area contributed by atoms with E-state index in [1.807, 2.05) is 11.3 Å². The molecule has 0 radical (unpaired) electrons. The van der Waals surface area contributed by atoms with Crippen molar-refractivity contribution in [3.8, 4) is 0 Å². The summed E-state index contributed by atoms with van der Waals surface area (Å²) in [6.45, 7) is 7.84. The summed E-state index contributed by atoms with van der Waals surface area (Å²) < 4.78 is 0. The Morgan fingerprint density at radius 1 is 1.33 bits per heavy atom. The van der Waals surface area contributed by atoms with Gasteiger partial charge in [-0.15, -0.1) is 11.3 Å². The van der Waals surface area contributed by atoms with Crippen molar-refractivity contribution in [1.29, 1.82) is 0 Å². The minimum absolute atomic E-state index is 0.588. The Balaban J connectivity index is 2.58. The molecule has 1 rings (SSSR count). The molecular formula is C13H23NS. The van der Waals surface area contributed by atoms with Gasteiger partial charge in [-0.3, -0.25) is 0 Å². The SMILES string of the molecule is CCCCC(NCCC)c1sccc1C. The fourth-order valence-corrected chi connectivity index (χ4v) is 2.83. The topological polar surface area (TPSA) is 12.0 Å². The molecule has 0 fully saturated rings. The van der Waals surface area contributed by atoms with Crippen LogP contribution in [0, 0.1) is 6.92 Å². The van der Waals surface area contributed by atoms with Crippen LogP contribution in [0.3, 0.4) is 0 Å². The molecule has 2 heteroatoms. The van der Waals surface area contributed by atoms with Crippen molar-refractivity contribution in [2.75, 3.05) is 6.54 Å². The summed E-state index contributed by atoms with van der Waals surface area (Å²) in [6.07, 6.45) is 5.10. The van der Waals surface area contributed by atoms with Crippen molar-refractivity contribution in [3.05, 3.63) is 21.9 Å². The molecule has 1 atom stereocenters. The molecule has 86 valence electrons. The van der Waals surface area contributed by atoms with Crippen LogP contribution < -0.4 is 5.32 Å². The summed E-state index contributed by atoms with van der Waals surface area (Å²) in [6, 6.07) is 2.82. The number of rotatable bonds is 7. The Morgan fingerprint density at radius 3 is 2.67 bits per heavy atom. The van der Waals surface area contributed by atoms with Gasteiger partial charge >= 0.3 is 0 Å². The summed E-state index contributed by atoms with van der Waals surface area (Å²) in [5.41, 5.74) is 1.45. The Kier molecular flexibility index (Phi) is 5.96. The number of aryl methyl sites for hydroxylation is 1. The van der Waals surface area contributed by atoms with E-state index in [0.29, 0.717) is 6.04 Å². The second kappa shape index (κ2) is 7.02. The van der Waals surface area contributed by atoms with Gasteiger partial charge in [-0.2, -0.15) is 0 Å². The van der Waals surface area contributed by atoms with Gasteiger partial charge in [0.25, 0.3) is 0 Å². The van der Waals surface area contributed by atoms with E-state index < -0.39 is 0 Å². The second-order valence-electron chi connectivity index (χ2n) is 4.12. The Bertz CT molecular complexity index is 259. The Labute approximate surface area is 97.9 Å². The van der Waals surface area contributed by atoms with Crippen LogP contribution in [0.5, 0.6) is 0 Å². The van der Waals surface area contributed by atoms with Crippen molar-refractivity contribution in [2.45, 2.75) is 52.5 Å². The van der Waals surface area contributed by atoms with Gasteiger partial charge < -0.3 is 5.32 Å². The lowest BCUT2D eigenvalue weighted by Crippen LogP contribution is -2.21. The van der Waals surface area contributed by atoms with Crippen molar-refractivity contribution in [2.24, 2.45) is 0 Å². The normalized spacial score (nSPS) is 13.0. The first-order valence-corrected chi connectivity index (χ1v) is 6.94. The third kappa shape index (κ3) is 3.96. The standard InChI is InChI=1S/C13H23NS/c1-4-6-7-12(14-9-5-2)13-11(3)8-10-15-13/h8,10,12,14H,4-7,9H2,1-3H3. The van der Waals surface area contributed by atoms with Crippen LogP contribution in [0.1, 0.15) is 56.0 Å². The van der Waals surface area contributed by atoms with Gasteiger partial charge in [0.2, 0.25) is 0 Å². The first-order chi connectivity index (χ1) is 7.29. The summed E-state index contributed by atoms with van der Waals surface area (Å²) in [5, 5.41) is 5.86. The molecule has 0 spiro atoms. The fourth-order valence-electron chi connectivity index (χ4n) is 1.79. The molecule has 0 saturated carbocycles. The highest BCUT2D eigenvalue weighted by molar-refractivity contribution is 7.10. The monoisotopic (exact) mass is 225 g/mol. The molecule has 0 amide bonds. The van der Waals surface area contributed by atoms with Crippen LogP contribution in [0.25, 0.3) is 0 Å². The molecule has 0 aliphatic carbocycles. The molecule has 0 bridgehead atoms. The summed E-state index contributed by atoms with van der Waals surface area (Å²) >= 11 is 1.90. The maximum absolute atomic E-state index is 3.66. The van der Waals surface area contributed by atoms with Gasteiger partial charge in [-0.05, 0) is 43.3 Å². The molecular weight excluding hydrogens is 202 g/mol. The van der Waals surface area contributed by atoms with E-state index in [9.17, 15) is 0 Å². The molecule has 1 aromatic rings. The van der Waals surface area contributed by atoms with E-state index in [0.717, 1.165) is 6.54 Å². The van der Waals surface area contributed by atoms with Gasteiger partial charge in [-0.1, -0.05) is 26.7 Å². The highest BCUT2D eigenvalue weighted by atomic mass is 32.1. The molecule has 0 aliphatic heterocycles. The summed E-state index contributed by atoms with van der Waals surface area (Å²) in [7, 11) is 0. The average Bonchev–Trinajstić information content (AvgIpc) is 2.65. The molecule has 1 N–H and O–H groups in total. The number of unbranched alkanes of at least 4 members (excludes halogenated alkanes) is 1. The third-order valence-corrected chi connectivity index (χ3v) is 3.84. The highest BCUT2D eigenvalue weighted by Crippen LogP contribution is 2.27. The molecule has 15 heavy (non-hydrogen) atoms. The van der Waals surface area contributed by atoms with Crippen molar-refractivity contribution < 1.29 is 0 Å². The minimum atomic E-state index is 0.588. The molecule has 1 nitrogen and oxygen atoms in total. The zero-order chi connectivity index (χ0) is 11.1. The predicted molar refractivity (Wildman–Crippen MR) is 69.6 cm³/mol. The zero-order valence-electron chi connectivity index (χ0n) is 10.2. The molecule has 1 unspecified atom stereocenters. The van der Waals surface area contributed by atoms with E-state index in [4.69, 9.17) is 0 Å². The highest BCUT2D eigenvalue weighted by Gasteiger charge is 2.13. The number of thiophene rings is 1. The zero-order valence-corrected chi connectivity index (χ0v) is 11.0. The molecule has 1 heterocycles. The lowest BCUT2D eigenvalue weighted by molar-refractivity contribution is 0.486. The number of hydrogen-bond donors (Lipinski definition) is 1. The minimum Gasteiger partial charge on any atom is -0.309 e. The second-order valence-corrected chi connectivity index (χ2v) is 5.06. The molecule has 0 saturated heterocycles. The quantitative estimate of drug-likeness (QED) is 0.730. The fraction of sp³-hybridized carbons (Fsp3) is 0.692. The van der Waals surface area contributed by atoms with Crippen LogP contribution in [0.2, 0.25) is 0 Å². The van der Waals surface area contributed by atoms with E-state index >= 15 is 0 Å². The van der Waals surface area contributed by atoms with Crippen LogP contribution in [-0.2, 0) is 0 Å². The Hall–Kier alpha value is -0.340. The smallest absolute Gasteiger partial charge is 0.0417 e. The van der Waals surface area contributed by atoms with E-state index in [-0.39, 0.29) is 0 Å². The number of nitrogens with one attached hydrogen (secondary N) is 1. The van der Waals surface area contributed by atoms with Crippen LogP contribution in [-0.4, -0.2) is 6.54 Å². The van der Waals surface area contributed by atoms with E-state index in [1.54, 1.807) is 0 Å². The van der Waals surface area contributed by atoms with Gasteiger partial charge in [0.1, 0.15) is 0 Å². The lowest BCUT2D eigenvalue weighted by Gasteiger charge is -2.18. The summed E-state index contributed by atoms with van der Waals surface area (Å²) in [5.74, 6) is 0. The van der Waals surface area contributed by atoms with E-state index in [1.165, 1.54) is 36.1 Å². The van der Waals surface area contributed by atoms with Crippen molar-refractivity contribution >= 4 is 11.3 Å². The first-order valence-electron chi connectivity index (χ1n) is 6.07. The summed E-state index contributed by atoms with van der Waals surface area (Å²) in [4.78, 5) is 1.54. The number of hydrogen-bond acceptors (Lipinski definition) is 2. The molecule has 0 aliphatic rings. The predicted octanol–water partition coefficient (Wildman–Crippen LogP) is 4.29. The van der Waals surface area contributed by atoms with Crippen LogP contribution in [0.4, 0.5) is 0 Å².